The first kappa shape index (κ1) is 16.0. The Hall–Kier alpha value is -1.39. The summed E-state index contributed by atoms with van der Waals surface area (Å²) in [5.74, 6) is 3.03. The van der Waals surface area contributed by atoms with Crippen LogP contribution in [0.15, 0.2) is 46.9 Å². The summed E-state index contributed by atoms with van der Waals surface area (Å²) in [6.07, 6.45) is 3.20. The van der Waals surface area contributed by atoms with Crippen molar-refractivity contribution < 1.29 is 4.42 Å². The third-order valence-electron chi connectivity index (χ3n) is 3.35. The van der Waals surface area contributed by atoms with Crippen molar-refractivity contribution in [2.75, 3.05) is 31.3 Å². The molecule has 0 amide bonds. The summed E-state index contributed by atoms with van der Waals surface area (Å²) in [7, 11) is 2.14. The van der Waals surface area contributed by atoms with Gasteiger partial charge in [-0.25, -0.2) is 0 Å². The van der Waals surface area contributed by atoms with E-state index in [1.807, 2.05) is 6.07 Å². The zero-order valence-electron chi connectivity index (χ0n) is 12.8. The van der Waals surface area contributed by atoms with Crippen LogP contribution in [0.5, 0.6) is 0 Å². The maximum Gasteiger partial charge on any atom is 0.117 e. The van der Waals surface area contributed by atoms with Gasteiger partial charge in [-0.1, -0.05) is 18.2 Å². The van der Waals surface area contributed by atoms with Crippen molar-refractivity contribution in [1.29, 1.82) is 0 Å². The van der Waals surface area contributed by atoms with Gasteiger partial charge in [0.05, 0.1) is 12.3 Å². The van der Waals surface area contributed by atoms with E-state index in [1.165, 1.54) is 5.69 Å². The summed E-state index contributed by atoms with van der Waals surface area (Å²) < 4.78 is 5.73. The van der Waals surface area contributed by atoms with Gasteiger partial charge in [-0.2, -0.15) is 11.8 Å². The largest absolute Gasteiger partial charge is 0.464 e. The fraction of sp³-hybridized carbons (Fsp3) is 0.412. The smallest absolute Gasteiger partial charge is 0.117 e. The Kier molecular flexibility index (Phi) is 6.70. The molecule has 1 N–H and O–H groups in total. The molecule has 3 nitrogen and oxygen atoms in total. The first-order chi connectivity index (χ1) is 10.3. The minimum absolute atomic E-state index is 0.809. The monoisotopic (exact) mass is 304 g/mol. The molecule has 2 rings (SSSR count). The molecule has 1 aromatic heterocycles. The second-order valence-electron chi connectivity index (χ2n) is 5.09. The molecule has 0 aliphatic heterocycles. The minimum Gasteiger partial charge on any atom is -0.464 e. The molecule has 0 fully saturated rings. The number of para-hydroxylation sites is 1. The van der Waals surface area contributed by atoms with E-state index in [2.05, 4.69) is 59.9 Å². The van der Waals surface area contributed by atoms with E-state index < -0.39 is 0 Å². The molecular weight excluding hydrogens is 280 g/mol. The highest BCUT2D eigenvalue weighted by Crippen LogP contribution is 2.13. The molecule has 0 bridgehead atoms. The van der Waals surface area contributed by atoms with Crippen LogP contribution in [0.4, 0.5) is 5.69 Å². The molecule has 0 spiro atoms. The van der Waals surface area contributed by atoms with E-state index in [9.17, 15) is 0 Å². The Morgan fingerprint density at radius 3 is 2.62 bits per heavy atom. The quantitative estimate of drug-likeness (QED) is 0.714. The highest BCUT2D eigenvalue weighted by Gasteiger charge is 2.02. The Morgan fingerprint density at radius 1 is 1.10 bits per heavy atom. The maximum absolute atomic E-state index is 5.73. The average Bonchev–Trinajstić information content (AvgIpc) is 2.95. The van der Waals surface area contributed by atoms with Gasteiger partial charge in [-0.15, -0.1) is 0 Å². The standard InChI is InChI=1S/C17H24N2OS/c1-19(15-7-4-3-5-8-15)12-6-11-18-13-16-9-10-17(20-16)14-21-2/h3-5,7-10,18H,6,11-14H2,1-2H3. The van der Waals surface area contributed by atoms with Crippen molar-refractivity contribution in [3.05, 3.63) is 54.0 Å². The van der Waals surface area contributed by atoms with Gasteiger partial charge < -0.3 is 14.6 Å². The molecular formula is C17H24N2OS. The van der Waals surface area contributed by atoms with E-state index in [0.29, 0.717) is 0 Å². The van der Waals surface area contributed by atoms with E-state index in [-0.39, 0.29) is 0 Å². The molecule has 4 heteroatoms. The van der Waals surface area contributed by atoms with Crippen LogP contribution in [-0.2, 0) is 12.3 Å². The number of benzene rings is 1. The lowest BCUT2D eigenvalue weighted by molar-refractivity contribution is 0.458. The van der Waals surface area contributed by atoms with Crippen LogP contribution >= 0.6 is 11.8 Å². The number of hydrogen-bond acceptors (Lipinski definition) is 4. The Labute approximate surface area is 131 Å². The van der Waals surface area contributed by atoms with E-state index >= 15 is 0 Å². The lowest BCUT2D eigenvalue weighted by atomic mass is 10.3. The van der Waals surface area contributed by atoms with Crippen molar-refractivity contribution >= 4 is 17.4 Å². The fourth-order valence-corrected chi connectivity index (χ4v) is 2.64. The van der Waals surface area contributed by atoms with E-state index in [1.54, 1.807) is 11.8 Å². The van der Waals surface area contributed by atoms with E-state index in [4.69, 9.17) is 4.42 Å². The van der Waals surface area contributed by atoms with Crippen molar-refractivity contribution in [3.8, 4) is 0 Å². The van der Waals surface area contributed by atoms with Crippen molar-refractivity contribution in [2.24, 2.45) is 0 Å². The molecule has 21 heavy (non-hydrogen) atoms. The lowest BCUT2D eigenvalue weighted by Crippen LogP contribution is -2.23. The summed E-state index contributed by atoms with van der Waals surface area (Å²) in [5.41, 5.74) is 1.27. The lowest BCUT2D eigenvalue weighted by Gasteiger charge is -2.19. The van der Waals surface area contributed by atoms with Gasteiger partial charge in [-0.3, -0.25) is 0 Å². The maximum atomic E-state index is 5.73. The zero-order chi connectivity index (χ0) is 14.9. The van der Waals surface area contributed by atoms with Gasteiger partial charge in [0.2, 0.25) is 0 Å². The van der Waals surface area contributed by atoms with Gasteiger partial charge in [0, 0.05) is 19.3 Å². The van der Waals surface area contributed by atoms with Crippen LogP contribution in [0.3, 0.4) is 0 Å². The van der Waals surface area contributed by atoms with Crippen molar-refractivity contribution in [1.82, 2.24) is 5.32 Å². The fourth-order valence-electron chi connectivity index (χ4n) is 2.20. The summed E-state index contributed by atoms with van der Waals surface area (Å²) in [6, 6.07) is 14.6. The molecule has 0 radical (unpaired) electrons. The third-order valence-corrected chi connectivity index (χ3v) is 3.92. The zero-order valence-corrected chi connectivity index (χ0v) is 13.7. The molecule has 1 aromatic carbocycles. The second kappa shape index (κ2) is 8.80. The number of rotatable bonds is 9. The summed E-state index contributed by atoms with van der Waals surface area (Å²) in [6.45, 7) is 2.85. The molecule has 2 aromatic rings. The number of thioether (sulfide) groups is 1. The predicted octanol–water partition coefficient (Wildman–Crippen LogP) is 3.76. The van der Waals surface area contributed by atoms with Gasteiger partial charge in [0.25, 0.3) is 0 Å². The van der Waals surface area contributed by atoms with Crippen LogP contribution in [-0.4, -0.2) is 26.4 Å². The van der Waals surface area contributed by atoms with Crippen LogP contribution in [0.2, 0.25) is 0 Å². The molecule has 0 atom stereocenters. The molecule has 0 saturated carbocycles. The van der Waals surface area contributed by atoms with Crippen LogP contribution in [0.1, 0.15) is 17.9 Å². The first-order valence-electron chi connectivity index (χ1n) is 7.33. The number of hydrogen-bond donors (Lipinski definition) is 1. The molecule has 114 valence electrons. The third kappa shape index (κ3) is 5.48. The van der Waals surface area contributed by atoms with Crippen LogP contribution in [0.25, 0.3) is 0 Å². The number of nitrogens with one attached hydrogen (secondary N) is 1. The summed E-state index contributed by atoms with van der Waals surface area (Å²) in [4.78, 5) is 2.28. The van der Waals surface area contributed by atoms with Crippen molar-refractivity contribution in [3.63, 3.8) is 0 Å². The van der Waals surface area contributed by atoms with Gasteiger partial charge in [0.1, 0.15) is 11.5 Å². The topological polar surface area (TPSA) is 28.4 Å². The Bertz CT molecular complexity index is 513. The second-order valence-corrected chi connectivity index (χ2v) is 5.95. The predicted molar refractivity (Wildman–Crippen MR) is 92.0 cm³/mol. The number of nitrogens with zero attached hydrogens (tertiary/aromatic N) is 1. The first-order valence-corrected chi connectivity index (χ1v) is 8.72. The summed E-state index contributed by atoms with van der Waals surface area (Å²) >= 11 is 1.78. The molecule has 0 aliphatic rings. The molecule has 0 unspecified atom stereocenters. The molecule has 0 saturated heterocycles. The minimum atomic E-state index is 0.809. The number of anilines is 1. The highest BCUT2D eigenvalue weighted by atomic mass is 32.2. The van der Waals surface area contributed by atoms with Gasteiger partial charge >= 0.3 is 0 Å². The Balaban J connectivity index is 1.61. The Morgan fingerprint density at radius 2 is 1.86 bits per heavy atom. The van der Waals surface area contributed by atoms with E-state index in [0.717, 1.165) is 43.3 Å². The van der Waals surface area contributed by atoms with Gasteiger partial charge in [0.15, 0.2) is 0 Å². The van der Waals surface area contributed by atoms with Gasteiger partial charge in [-0.05, 0) is 43.5 Å². The van der Waals surface area contributed by atoms with Crippen molar-refractivity contribution in [2.45, 2.75) is 18.7 Å². The van der Waals surface area contributed by atoms with Crippen LogP contribution in [0, 0.1) is 0 Å². The average molecular weight is 304 g/mol. The summed E-state index contributed by atoms with van der Waals surface area (Å²) in [5, 5.41) is 3.44. The highest BCUT2D eigenvalue weighted by molar-refractivity contribution is 7.97. The molecule has 1 heterocycles. The number of furan rings is 1. The normalized spacial score (nSPS) is 10.8. The molecule has 0 aliphatic carbocycles. The SMILES string of the molecule is CSCc1ccc(CNCCCN(C)c2ccccc2)o1. The van der Waals surface area contributed by atoms with Crippen LogP contribution < -0.4 is 10.2 Å².